The molecule has 8 nitrogen and oxygen atoms in total. The fourth-order valence-electron chi connectivity index (χ4n) is 6.65. The number of nitrogens with two attached hydrogens (primary N) is 1. The summed E-state index contributed by atoms with van der Waals surface area (Å²) in [6.07, 6.45) is 6.50. The van der Waals surface area contributed by atoms with E-state index in [9.17, 15) is 19.6 Å². The molecule has 3 amide bonds. The van der Waals surface area contributed by atoms with Gasteiger partial charge in [-0.05, 0) is 41.5 Å². The molecule has 194 valence electrons. The van der Waals surface area contributed by atoms with Crippen LogP contribution in [0.1, 0.15) is 53.9 Å². The van der Waals surface area contributed by atoms with Gasteiger partial charge in [0.2, 0.25) is 17.7 Å². The highest BCUT2D eigenvalue weighted by Crippen LogP contribution is 2.39. The second-order valence-electron chi connectivity index (χ2n) is 10.7. The molecule has 3 heterocycles. The van der Waals surface area contributed by atoms with Gasteiger partial charge in [0.05, 0.1) is 12.1 Å². The van der Waals surface area contributed by atoms with Crippen molar-refractivity contribution in [2.45, 2.75) is 55.8 Å². The molecule has 4 aliphatic rings. The maximum atomic E-state index is 13.7. The number of fused-ring (bicyclic) bond motifs is 4. The summed E-state index contributed by atoms with van der Waals surface area (Å²) in [4.78, 5) is 44.8. The van der Waals surface area contributed by atoms with Crippen molar-refractivity contribution in [2.75, 3.05) is 19.6 Å². The van der Waals surface area contributed by atoms with E-state index in [2.05, 4.69) is 42.5 Å². The molecule has 0 aromatic heterocycles. The van der Waals surface area contributed by atoms with Crippen LogP contribution in [0.15, 0.2) is 48.5 Å². The average molecular weight is 510 g/mol. The van der Waals surface area contributed by atoms with Crippen molar-refractivity contribution < 1.29 is 14.4 Å². The summed E-state index contributed by atoms with van der Waals surface area (Å²) < 4.78 is 0. The first-order valence-electron chi connectivity index (χ1n) is 13.4. The molecule has 1 aliphatic carbocycles. The third-order valence-electron chi connectivity index (χ3n) is 8.57. The summed E-state index contributed by atoms with van der Waals surface area (Å²) in [6, 6.07) is 16.5. The monoisotopic (exact) mass is 509 g/mol. The Morgan fingerprint density at radius 1 is 1.03 bits per heavy atom. The molecule has 2 aromatic carbocycles. The summed E-state index contributed by atoms with van der Waals surface area (Å²) in [5.41, 5.74) is 10.7. The van der Waals surface area contributed by atoms with Crippen molar-refractivity contribution in [1.29, 1.82) is 5.26 Å². The maximum Gasteiger partial charge on any atom is 0.245 e. The van der Waals surface area contributed by atoms with Gasteiger partial charge in [-0.2, -0.15) is 5.26 Å². The predicted octanol–water partition coefficient (Wildman–Crippen LogP) is 2.35. The van der Waals surface area contributed by atoms with E-state index in [1.54, 1.807) is 9.80 Å². The number of carbonyl (C=O) groups excluding carboxylic acids is 3. The first-order chi connectivity index (χ1) is 18.5. The van der Waals surface area contributed by atoms with Gasteiger partial charge in [-0.15, -0.1) is 0 Å². The molecule has 0 saturated carbocycles. The number of benzene rings is 2. The molecular weight excluding hydrogens is 478 g/mol. The number of amides is 3. The van der Waals surface area contributed by atoms with E-state index in [-0.39, 0.29) is 42.6 Å². The molecule has 3 fully saturated rings. The number of hydrogen-bond donors (Lipinski definition) is 1. The largest absolute Gasteiger partial charge is 0.334 e. The number of rotatable bonds is 5. The lowest BCUT2D eigenvalue weighted by molar-refractivity contribution is -0.147. The summed E-state index contributed by atoms with van der Waals surface area (Å²) >= 11 is 0. The molecule has 6 rings (SSSR count). The quantitative estimate of drug-likeness (QED) is 0.665. The molecule has 3 saturated heterocycles. The number of piperazine rings is 1. The Balaban J connectivity index is 1.15. The van der Waals surface area contributed by atoms with E-state index >= 15 is 0 Å². The maximum absolute atomic E-state index is 13.7. The summed E-state index contributed by atoms with van der Waals surface area (Å²) in [5, 5.41) is 9.31. The van der Waals surface area contributed by atoms with Crippen LogP contribution in [-0.4, -0.2) is 76.2 Å². The number of hydrogen-bond acceptors (Lipinski definition) is 5. The zero-order chi connectivity index (χ0) is 26.4. The van der Waals surface area contributed by atoms with Crippen LogP contribution in [0, 0.1) is 11.3 Å². The molecular formula is C30H31N5O3. The number of carbonyl (C=O) groups is 3. The lowest BCUT2D eigenvalue weighted by atomic mass is 9.85. The van der Waals surface area contributed by atoms with Crippen LogP contribution in [0.5, 0.6) is 0 Å². The molecule has 0 radical (unpaired) electrons. The summed E-state index contributed by atoms with van der Waals surface area (Å²) in [5.74, 6) is -0.553. The minimum Gasteiger partial charge on any atom is -0.334 e. The van der Waals surface area contributed by atoms with Gasteiger partial charge in [0.15, 0.2) is 0 Å². The molecule has 2 bridgehead atoms. The van der Waals surface area contributed by atoms with Gasteiger partial charge in [-0.25, -0.2) is 0 Å². The lowest BCUT2D eigenvalue weighted by Crippen LogP contribution is -2.57. The molecule has 38 heavy (non-hydrogen) atoms. The molecule has 8 heteroatoms. The van der Waals surface area contributed by atoms with Crippen LogP contribution in [-0.2, 0) is 14.4 Å². The Bertz CT molecular complexity index is 1310. The third-order valence-corrected chi connectivity index (χ3v) is 8.57. The lowest BCUT2D eigenvalue weighted by Gasteiger charge is -2.36. The van der Waals surface area contributed by atoms with E-state index in [0.717, 1.165) is 28.7 Å². The summed E-state index contributed by atoms with van der Waals surface area (Å²) in [6.45, 7) is 1.09. The molecule has 4 atom stereocenters. The molecule has 3 aliphatic heterocycles. The Labute approximate surface area is 222 Å². The molecule has 0 unspecified atom stereocenters. The Hall–Kier alpha value is -3.96. The first kappa shape index (κ1) is 24.4. The van der Waals surface area contributed by atoms with Crippen LogP contribution in [0.4, 0.5) is 0 Å². The van der Waals surface area contributed by atoms with E-state index in [1.807, 2.05) is 24.3 Å². The van der Waals surface area contributed by atoms with Gasteiger partial charge >= 0.3 is 0 Å². The molecule has 2 aromatic rings. The topological polar surface area (TPSA) is 111 Å². The Kier molecular flexibility index (Phi) is 6.24. The standard InChI is InChI=1S/C30H31N5O3/c31-16-21-8-5-13-33(21)29(37)26(32)18-34-22-14-27(30(34)38)35(17-22)28(36)15-25-23-9-3-1-6-19(23)11-12-20-7-2-4-10-24(20)25/h1-4,6-7,9-12,21-22,25-27H,5,8,13-15,17-18,32H2/t21-,22-,26-,27-/m0/s1. The Morgan fingerprint density at radius 2 is 1.68 bits per heavy atom. The van der Waals surface area contributed by atoms with Crippen LogP contribution in [0.3, 0.4) is 0 Å². The SMILES string of the molecule is N#C[C@@H]1CCCN1C(=O)[C@@H](N)CN1C(=O)[C@@H]2C[C@H]1CN2C(=O)CC1c2ccccc2C=Cc2ccccc21. The van der Waals surface area contributed by atoms with Gasteiger partial charge in [-0.3, -0.25) is 14.4 Å². The van der Waals surface area contributed by atoms with Crippen molar-refractivity contribution >= 4 is 29.9 Å². The number of nitriles is 1. The summed E-state index contributed by atoms with van der Waals surface area (Å²) in [7, 11) is 0. The van der Waals surface area contributed by atoms with Crippen molar-refractivity contribution in [3.05, 3.63) is 70.8 Å². The highest BCUT2D eigenvalue weighted by atomic mass is 16.2. The minimum atomic E-state index is -0.872. The van der Waals surface area contributed by atoms with Crippen LogP contribution in [0.2, 0.25) is 0 Å². The van der Waals surface area contributed by atoms with Gasteiger partial charge in [-0.1, -0.05) is 60.7 Å². The Morgan fingerprint density at radius 3 is 2.32 bits per heavy atom. The fraction of sp³-hybridized carbons (Fsp3) is 0.400. The number of nitrogens with zero attached hydrogens (tertiary/aromatic N) is 4. The second kappa shape index (κ2) is 9.73. The van der Waals surface area contributed by atoms with Gasteiger partial charge in [0.1, 0.15) is 18.1 Å². The van der Waals surface area contributed by atoms with Gasteiger partial charge in [0.25, 0.3) is 0 Å². The average Bonchev–Trinajstić information content (AvgIpc) is 3.64. The normalized spacial score (nSPS) is 24.7. The third kappa shape index (κ3) is 4.07. The first-order valence-corrected chi connectivity index (χ1v) is 13.4. The molecule has 0 spiro atoms. The van der Waals surface area contributed by atoms with Gasteiger partial charge in [0, 0.05) is 32.0 Å². The molecule has 2 N–H and O–H groups in total. The van der Waals surface area contributed by atoms with Crippen LogP contribution < -0.4 is 5.73 Å². The smallest absolute Gasteiger partial charge is 0.245 e. The zero-order valence-corrected chi connectivity index (χ0v) is 21.2. The van der Waals surface area contributed by atoms with Gasteiger partial charge < -0.3 is 20.4 Å². The van der Waals surface area contributed by atoms with Crippen molar-refractivity contribution in [3.63, 3.8) is 0 Å². The number of likely N-dealkylation sites (tertiary alicyclic amines) is 3. The predicted molar refractivity (Wildman–Crippen MR) is 142 cm³/mol. The van der Waals surface area contributed by atoms with Crippen LogP contribution >= 0.6 is 0 Å². The van der Waals surface area contributed by atoms with E-state index in [4.69, 9.17) is 5.73 Å². The van der Waals surface area contributed by atoms with E-state index < -0.39 is 18.1 Å². The van der Waals surface area contributed by atoms with E-state index in [1.165, 1.54) is 4.90 Å². The highest BCUT2D eigenvalue weighted by Gasteiger charge is 2.52. The second-order valence-corrected chi connectivity index (χ2v) is 10.7. The van der Waals surface area contributed by atoms with E-state index in [0.29, 0.717) is 25.9 Å². The fourth-order valence-corrected chi connectivity index (χ4v) is 6.65. The van der Waals surface area contributed by atoms with Crippen molar-refractivity contribution in [3.8, 4) is 6.07 Å². The zero-order valence-electron chi connectivity index (χ0n) is 21.2. The minimum absolute atomic E-state index is 0.0312. The van der Waals surface area contributed by atoms with Crippen LogP contribution in [0.25, 0.3) is 12.2 Å². The van der Waals surface area contributed by atoms with Crippen molar-refractivity contribution in [2.24, 2.45) is 5.73 Å². The van der Waals surface area contributed by atoms with Crippen molar-refractivity contribution in [1.82, 2.24) is 14.7 Å². The highest BCUT2D eigenvalue weighted by molar-refractivity contribution is 5.93.